The predicted octanol–water partition coefficient (Wildman–Crippen LogP) is 4.49. The Balaban J connectivity index is 0.000000263. The van der Waals surface area contributed by atoms with Gasteiger partial charge in [0.25, 0.3) is 5.91 Å². The van der Waals surface area contributed by atoms with E-state index in [2.05, 4.69) is 4.84 Å². The zero-order valence-electron chi connectivity index (χ0n) is 15.6. The van der Waals surface area contributed by atoms with Crippen LogP contribution >= 0.6 is 0 Å². The largest absolute Gasteiger partial charge is 0.294 e. The SMILES string of the molecule is CCC(=O)c1ccc(C)cc1F.CON(C)C(=O)c1ccc(C)cc1F. The molecular weight excluding hydrogens is 340 g/mol. The third-order valence-corrected chi connectivity index (χ3v) is 3.66. The Hall–Kier alpha value is -2.60. The van der Waals surface area contributed by atoms with E-state index in [0.717, 1.165) is 16.2 Å². The summed E-state index contributed by atoms with van der Waals surface area (Å²) in [6.07, 6.45) is 0.347. The van der Waals surface area contributed by atoms with Crippen LogP contribution in [-0.4, -0.2) is 30.9 Å². The summed E-state index contributed by atoms with van der Waals surface area (Å²) in [6.45, 7) is 5.28. The van der Waals surface area contributed by atoms with Gasteiger partial charge in [-0.25, -0.2) is 13.8 Å². The molecule has 0 radical (unpaired) electrons. The summed E-state index contributed by atoms with van der Waals surface area (Å²) in [5.41, 5.74) is 1.82. The molecule has 2 aromatic rings. The van der Waals surface area contributed by atoms with E-state index in [1.807, 2.05) is 0 Å². The van der Waals surface area contributed by atoms with Crippen molar-refractivity contribution in [3.05, 3.63) is 70.3 Å². The first-order chi connectivity index (χ1) is 12.2. The maximum absolute atomic E-state index is 13.3. The molecule has 0 saturated heterocycles. The Morgan fingerprint density at radius 3 is 1.81 bits per heavy atom. The van der Waals surface area contributed by atoms with Crippen LogP contribution < -0.4 is 0 Å². The third-order valence-electron chi connectivity index (χ3n) is 3.66. The Kier molecular flexibility index (Phi) is 8.06. The Bertz CT molecular complexity index is 791. The minimum absolute atomic E-state index is 0.0138. The molecule has 0 aliphatic rings. The fraction of sp³-hybridized carbons (Fsp3) is 0.300. The summed E-state index contributed by atoms with van der Waals surface area (Å²) in [5.74, 6) is -1.58. The quantitative estimate of drug-likeness (QED) is 0.594. The average Bonchev–Trinajstić information content (AvgIpc) is 2.60. The van der Waals surface area contributed by atoms with Crippen molar-refractivity contribution in [1.29, 1.82) is 0 Å². The zero-order chi connectivity index (χ0) is 19.9. The highest BCUT2D eigenvalue weighted by atomic mass is 19.1. The number of carbonyl (C=O) groups is 2. The number of benzene rings is 2. The molecule has 1 amide bonds. The molecule has 0 bridgehead atoms. The molecule has 2 aromatic carbocycles. The summed E-state index contributed by atoms with van der Waals surface area (Å²) in [4.78, 5) is 27.2. The molecular formula is C20H23F2NO3. The topological polar surface area (TPSA) is 46.6 Å². The molecule has 0 aromatic heterocycles. The number of hydrogen-bond acceptors (Lipinski definition) is 3. The van der Waals surface area contributed by atoms with Gasteiger partial charge in [0.1, 0.15) is 11.6 Å². The van der Waals surface area contributed by atoms with Gasteiger partial charge in [0.2, 0.25) is 0 Å². The van der Waals surface area contributed by atoms with Gasteiger partial charge in [0.15, 0.2) is 5.78 Å². The van der Waals surface area contributed by atoms with Gasteiger partial charge in [-0.15, -0.1) is 0 Å². The number of rotatable bonds is 4. The second kappa shape index (κ2) is 9.77. The molecule has 0 fully saturated rings. The molecule has 26 heavy (non-hydrogen) atoms. The fourth-order valence-electron chi connectivity index (χ4n) is 2.08. The van der Waals surface area contributed by atoms with Gasteiger partial charge in [-0.05, 0) is 49.2 Å². The lowest BCUT2D eigenvalue weighted by atomic mass is 10.1. The number of halogens is 2. The van der Waals surface area contributed by atoms with E-state index in [4.69, 9.17) is 0 Å². The summed E-state index contributed by atoms with van der Waals surface area (Å²) >= 11 is 0. The summed E-state index contributed by atoms with van der Waals surface area (Å²) < 4.78 is 26.4. The van der Waals surface area contributed by atoms with Crippen molar-refractivity contribution in [2.75, 3.05) is 14.2 Å². The highest BCUT2D eigenvalue weighted by Gasteiger charge is 2.15. The van der Waals surface area contributed by atoms with E-state index in [1.54, 1.807) is 32.9 Å². The van der Waals surface area contributed by atoms with Crippen LogP contribution in [0.4, 0.5) is 8.78 Å². The molecule has 6 heteroatoms. The van der Waals surface area contributed by atoms with Gasteiger partial charge >= 0.3 is 0 Å². The smallest absolute Gasteiger partial charge is 0.280 e. The molecule has 0 spiro atoms. The predicted molar refractivity (Wildman–Crippen MR) is 96.0 cm³/mol. The Morgan fingerprint density at radius 1 is 0.962 bits per heavy atom. The Labute approximate surface area is 152 Å². The number of amides is 1. The van der Waals surface area contributed by atoms with Crippen molar-refractivity contribution in [2.45, 2.75) is 27.2 Å². The maximum atomic E-state index is 13.3. The molecule has 4 nitrogen and oxygen atoms in total. The van der Waals surface area contributed by atoms with Gasteiger partial charge in [-0.2, -0.15) is 0 Å². The van der Waals surface area contributed by atoms with Crippen LogP contribution in [0.25, 0.3) is 0 Å². The van der Waals surface area contributed by atoms with Crippen LogP contribution in [0.1, 0.15) is 45.2 Å². The highest BCUT2D eigenvalue weighted by molar-refractivity contribution is 5.96. The fourth-order valence-corrected chi connectivity index (χ4v) is 2.08. The van der Waals surface area contributed by atoms with E-state index in [0.29, 0.717) is 6.42 Å². The number of nitrogens with zero attached hydrogens (tertiary/aromatic N) is 1. The van der Waals surface area contributed by atoms with E-state index >= 15 is 0 Å². The van der Waals surface area contributed by atoms with Crippen LogP contribution in [0.2, 0.25) is 0 Å². The van der Waals surface area contributed by atoms with Crippen molar-refractivity contribution in [2.24, 2.45) is 0 Å². The maximum Gasteiger partial charge on any atom is 0.280 e. The summed E-state index contributed by atoms with van der Waals surface area (Å²) in [5, 5.41) is 0.980. The van der Waals surface area contributed by atoms with Crippen molar-refractivity contribution in [3.8, 4) is 0 Å². The van der Waals surface area contributed by atoms with Crippen LogP contribution in [-0.2, 0) is 4.84 Å². The lowest BCUT2D eigenvalue weighted by molar-refractivity contribution is -0.0759. The van der Waals surface area contributed by atoms with Crippen LogP contribution in [0, 0.1) is 25.5 Å². The number of hydroxylamine groups is 2. The first kappa shape index (κ1) is 21.4. The van der Waals surface area contributed by atoms with Gasteiger partial charge in [-0.3, -0.25) is 14.4 Å². The Morgan fingerprint density at radius 2 is 1.42 bits per heavy atom. The molecule has 0 aliphatic heterocycles. The summed E-state index contributed by atoms with van der Waals surface area (Å²) in [7, 11) is 2.78. The van der Waals surface area contributed by atoms with Gasteiger partial charge < -0.3 is 0 Å². The van der Waals surface area contributed by atoms with Crippen molar-refractivity contribution in [3.63, 3.8) is 0 Å². The second-order valence-corrected chi connectivity index (χ2v) is 5.73. The number of carbonyl (C=O) groups excluding carboxylic acids is 2. The average molecular weight is 363 g/mol. The van der Waals surface area contributed by atoms with Gasteiger partial charge in [0, 0.05) is 13.5 Å². The highest BCUT2D eigenvalue weighted by Crippen LogP contribution is 2.12. The molecule has 140 valence electrons. The van der Waals surface area contributed by atoms with E-state index in [1.165, 1.54) is 38.4 Å². The molecule has 0 aliphatic carbocycles. The van der Waals surface area contributed by atoms with Crippen molar-refractivity contribution >= 4 is 11.7 Å². The van der Waals surface area contributed by atoms with E-state index in [9.17, 15) is 18.4 Å². The molecule has 0 atom stereocenters. The van der Waals surface area contributed by atoms with Crippen LogP contribution in [0.5, 0.6) is 0 Å². The number of Topliss-reactive ketones (excluding diaryl/α,β-unsaturated/α-hetero) is 1. The number of aryl methyl sites for hydroxylation is 2. The number of hydrogen-bond donors (Lipinski definition) is 0. The van der Waals surface area contributed by atoms with Crippen LogP contribution in [0.15, 0.2) is 36.4 Å². The first-order valence-electron chi connectivity index (χ1n) is 8.08. The van der Waals surface area contributed by atoms with Gasteiger partial charge in [-0.1, -0.05) is 19.1 Å². The van der Waals surface area contributed by atoms with Crippen molar-refractivity contribution in [1.82, 2.24) is 5.06 Å². The minimum atomic E-state index is -0.529. The third kappa shape index (κ3) is 5.74. The lowest BCUT2D eigenvalue weighted by Crippen LogP contribution is -2.26. The summed E-state index contributed by atoms with van der Waals surface area (Å²) in [6, 6.07) is 9.10. The van der Waals surface area contributed by atoms with Crippen LogP contribution in [0.3, 0.4) is 0 Å². The van der Waals surface area contributed by atoms with Crippen molar-refractivity contribution < 1.29 is 23.2 Å². The van der Waals surface area contributed by atoms with E-state index < -0.39 is 17.5 Å². The molecule has 0 heterocycles. The molecule has 0 saturated carbocycles. The number of ketones is 1. The minimum Gasteiger partial charge on any atom is -0.294 e. The zero-order valence-corrected chi connectivity index (χ0v) is 15.6. The van der Waals surface area contributed by atoms with Gasteiger partial charge in [0.05, 0.1) is 18.2 Å². The molecule has 0 unspecified atom stereocenters. The monoisotopic (exact) mass is 363 g/mol. The molecule has 0 N–H and O–H groups in total. The normalized spacial score (nSPS) is 9.96. The molecule has 2 rings (SSSR count). The van der Waals surface area contributed by atoms with E-state index in [-0.39, 0.29) is 16.9 Å². The standard InChI is InChI=1S/C10H12FNO2.C10H11FO/c1-7-4-5-8(9(11)6-7)10(13)12(2)14-3;1-3-10(12)8-5-4-7(2)6-9(8)11/h4-6H,1-3H3;4-6H,3H2,1-2H3. The second-order valence-electron chi connectivity index (χ2n) is 5.73. The lowest BCUT2D eigenvalue weighted by Gasteiger charge is -2.13. The first-order valence-corrected chi connectivity index (χ1v) is 8.08.